The summed E-state index contributed by atoms with van der Waals surface area (Å²) in [6.07, 6.45) is 6.38. The van der Waals surface area contributed by atoms with E-state index in [4.69, 9.17) is 0 Å². The van der Waals surface area contributed by atoms with Gasteiger partial charge in [0.2, 0.25) is 11.8 Å². The van der Waals surface area contributed by atoms with Crippen molar-refractivity contribution < 1.29 is 9.59 Å². The molecule has 2 amide bonds. The lowest BCUT2D eigenvalue weighted by atomic mass is 10.0. The highest BCUT2D eigenvalue weighted by Crippen LogP contribution is 2.17. The van der Waals surface area contributed by atoms with Gasteiger partial charge < -0.3 is 14.8 Å². The number of likely N-dealkylation sites (tertiary alicyclic amines) is 1. The number of aromatic nitrogens is 2. The fraction of sp³-hybridized carbons (Fsp3) is 0.643. The molecule has 1 aromatic rings. The molecule has 1 saturated heterocycles. The first-order chi connectivity index (χ1) is 9.59. The van der Waals surface area contributed by atoms with Crippen LogP contribution in [-0.4, -0.2) is 45.4 Å². The largest absolute Gasteiger partial charge is 0.353 e. The molecule has 110 valence electrons. The van der Waals surface area contributed by atoms with Crippen molar-refractivity contribution in [2.45, 2.75) is 45.7 Å². The van der Waals surface area contributed by atoms with Gasteiger partial charge in [0, 0.05) is 39.0 Å². The molecule has 1 aliphatic heterocycles. The Morgan fingerprint density at radius 3 is 2.90 bits per heavy atom. The Balaban J connectivity index is 1.84. The van der Waals surface area contributed by atoms with Gasteiger partial charge in [0.05, 0.1) is 0 Å². The maximum Gasteiger partial charge on any atom is 0.242 e. The molecular weight excluding hydrogens is 256 g/mol. The minimum Gasteiger partial charge on any atom is -0.353 e. The molecule has 1 fully saturated rings. The van der Waals surface area contributed by atoms with Gasteiger partial charge in [-0.1, -0.05) is 0 Å². The second-order valence-corrected chi connectivity index (χ2v) is 5.18. The van der Waals surface area contributed by atoms with Crippen molar-refractivity contribution in [2.75, 3.05) is 13.1 Å². The summed E-state index contributed by atoms with van der Waals surface area (Å²) >= 11 is 0. The fourth-order valence-corrected chi connectivity index (χ4v) is 2.64. The van der Waals surface area contributed by atoms with Crippen LogP contribution in [-0.2, 0) is 16.1 Å². The van der Waals surface area contributed by atoms with E-state index >= 15 is 0 Å². The Hall–Kier alpha value is -1.85. The third-order valence-corrected chi connectivity index (χ3v) is 3.79. The summed E-state index contributed by atoms with van der Waals surface area (Å²) in [7, 11) is 0. The van der Waals surface area contributed by atoms with Gasteiger partial charge in [-0.25, -0.2) is 4.98 Å². The molecule has 0 aliphatic carbocycles. The van der Waals surface area contributed by atoms with E-state index < -0.39 is 0 Å². The second kappa shape index (κ2) is 6.54. The summed E-state index contributed by atoms with van der Waals surface area (Å²) < 4.78 is 1.99. The number of hydrogen-bond donors (Lipinski definition) is 1. The number of piperidine rings is 1. The van der Waals surface area contributed by atoms with Crippen LogP contribution in [0.4, 0.5) is 0 Å². The lowest BCUT2D eigenvalue weighted by Gasteiger charge is -2.33. The molecule has 1 aromatic heterocycles. The Morgan fingerprint density at radius 2 is 2.25 bits per heavy atom. The maximum atomic E-state index is 12.2. The molecule has 20 heavy (non-hydrogen) atoms. The predicted molar refractivity (Wildman–Crippen MR) is 75.0 cm³/mol. The second-order valence-electron chi connectivity index (χ2n) is 5.18. The number of imidazole rings is 1. The van der Waals surface area contributed by atoms with Crippen LogP contribution in [0.2, 0.25) is 0 Å². The van der Waals surface area contributed by atoms with Crippen LogP contribution in [0.3, 0.4) is 0 Å². The highest BCUT2D eigenvalue weighted by Gasteiger charge is 2.29. The van der Waals surface area contributed by atoms with Crippen LogP contribution >= 0.6 is 0 Å². The summed E-state index contributed by atoms with van der Waals surface area (Å²) in [6, 6.07) is -0.301. The SMILES string of the molecule is CC(=O)N1CCCC[C@H]1C(=O)NCCn1ccnc1C. The van der Waals surface area contributed by atoms with E-state index in [2.05, 4.69) is 10.3 Å². The molecule has 2 rings (SSSR count). The standard InChI is InChI=1S/C14H22N4O2/c1-11-15-6-9-17(11)10-7-16-14(20)13-5-3-4-8-18(13)12(2)19/h6,9,13H,3-5,7-8,10H2,1-2H3,(H,16,20)/t13-/m0/s1. The molecule has 0 spiro atoms. The molecule has 0 aromatic carbocycles. The molecule has 1 aliphatic rings. The van der Waals surface area contributed by atoms with E-state index in [9.17, 15) is 9.59 Å². The van der Waals surface area contributed by atoms with Crippen molar-refractivity contribution in [2.24, 2.45) is 0 Å². The molecule has 2 heterocycles. The topological polar surface area (TPSA) is 67.2 Å². The van der Waals surface area contributed by atoms with Crippen molar-refractivity contribution in [3.05, 3.63) is 18.2 Å². The zero-order valence-corrected chi connectivity index (χ0v) is 12.1. The number of hydrogen-bond acceptors (Lipinski definition) is 3. The first-order valence-corrected chi connectivity index (χ1v) is 7.12. The Bertz CT molecular complexity index is 483. The molecule has 1 N–H and O–H groups in total. The van der Waals surface area contributed by atoms with E-state index in [1.54, 1.807) is 11.1 Å². The van der Waals surface area contributed by atoms with Crippen molar-refractivity contribution in [3.8, 4) is 0 Å². The highest BCUT2D eigenvalue weighted by atomic mass is 16.2. The van der Waals surface area contributed by atoms with E-state index in [1.807, 2.05) is 17.7 Å². The number of nitrogens with one attached hydrogen (secondary N) is 1. The van der Waals surface area contributed by atoms with Gasteiger partial charge in [-0.05, 0) is 26.2 Å². The van der Waals surface area contributed by atoms with Gasteiger partial charge in [0.25, 0.3) is 0 Å². The quantitative estimate of drug-likeness (QED) is 0.882. The summed E-state index contributed by atoms with van der Waals surface area (Å²) in [5.41, 5.74) is 0. The average Bonchev–Trinajstić information content (AvgIpc) is 2.84. The van der Waals surface area contributed by atoms with Gasteiger partial charge in [-0.15, -0.1) is 0 Å². The van der Waals surface area contributed by atoms with Crippen LogP contribution in [0, 0.1) is 6.92 Å². The highest BCUT2D eigenvalue weighted by molar-refractivity contribution is 5.87. The van der Waals surface area contributed by atoms with Crippen LogP contribution in [0.1, 0.15) is 32.0 Å². The van der Waals surface area contributed by atoms with Gasteiger partial charge in [0.1, 0.15) is 11.9 Å². The number of aryl methyl sites for hydroxylation is 1. The van der Waals surface area contributed by atoms with E-state index in [1.165, 1.54) is 6.92 Å². The van der Waals surface area contributed by atoms with Crippen molar-refractivity contribution in [1.29, 1.82) is 0 Å². The first kappa shape index (κ1) is 14.6. The number of rotatable bonds is 4. The van der Waals surface area contributed by atoms with E-state index in [0.29, 0.717) is 19.6 Å². The van der Waals surface area contributed by atoms with Crippen LogP contribution in [0.25, 0.3) is 0 Å². The Morgan fingerprint density at radius 1 is 1.45 bits per heavy atom. The number of carbonyl (C=O) groups is 2. The predicted octanol–water partition coefficient (Wildman–Crippen LogP) is 0.709. The lowest BCUT2D eigenvalue weighted by molar-refractivity contribution is -0.140. The molecule has 1 atom stereocenters. The normalized spacial score (nSPS) is 18.9. The van der Waals surface area contributed by atoms with Crippen LogP contribution in [0.15, 0.2) is 12.4 Å². The third kappa shape index (κ3) is 3.37. The summed E-state index contributed by atoms with van der Waals surface area (Å²) in [5.74, 6) is 0.871. The van der Waals surface area contributed by atoms with Gasteiger partial charge >= 0.3 is 0 Å². The molecule has 6 nitrogen and oxygen atoms in total. The molecular formula is C14H22N4O2. The monoisotopic (exact) mass is 278 g/mol. The number of amides is 2. The van der Waals surface area contributed by atoms with E-state index in [0.717, 1.165) is 25.1 Å². The maximum absolute atomic E-state index is 12.2. The zero-order chi connectivity index (χ0) is 14.5. The summed E-state index contributed by atoms with van der Waals surface area (Å²) in [4.78, 5) is 29.6. The van der Waals surface area contributed by atoms with Gasteiger partial charge in [-0.2, -0.15) is 0 Å². The Kier molecular flexibility index (Phi) is 4.76. The van der Waals surface area contributed by atoms with E-state index in [-0.39, 0.29) is 17.9 Å². The first-order valence-electron chi connectivity index (χ1n) is 7.12. The molecule has 0 radical (unpaired) electrons. The Labute approximate surface area is 119 Å². The van der Waals surface area contributed by atoms with Gasteiger partial charge in [0.15, 0.2) is 0 Å². The fourth-order valence-electron chi connectivity index (χ4n) is 2.64. The van der Waals surface area contributed by atoms with Crippen molar-refractivity contribution in [3.63, 3.8) is 0 Å². The average molecular weight is 278 g/mol. The van der Waals surface area contributed by atoms with Crippen LogP contribution in [0.5, 0.6) is 0 Å². The van der Waals surface area contributed by atoms with Crippen molar-refractivity contribution >= 4 is 11.8 Å². The molecule has 6 heteroatoms. The molecule has 0 saturated carbocycles. The number of nitrogens with zero attached hydrogens (tertiary/aromatic N) is 3. The van der Waals surface area contributed by atoms with Crippen molar-refractivity contribution in [1.82, 2.24) is 19.8 Å². The molecule has 0 bridgehead atoms. The summed E-state index contributed by atoms with van der Waals surface area (Å²) in [6.45, 7) is 5.40. The van der Waals surface area contributed by atoms with Gasteiger partial charge in [-0.3, -0.25) is 9.59 Å². The minimum atomic E-state index is -0.301. The third-order valence-electron chi connectivity index (χ3n) is 3.79. The van der Waals surface area contributed by atoms with Crippen LogP contribution < -0.4 is 5.32 Å². The zero-order valence-electron chi connectivity index (χ0n) is 12.1. The summed E-state index contributed by atoms with van der Waals surface area (Å²) in [5, 5.41) is 2.92. The smallest absolute Gasteiger partial charge is 0.242 e. The molecule has 0 unspecified atom stereocenters. The lowest BCUT2D eigenvalue weighted by Crippen LogP contribution is -2.51. The number of carbonyl (C=O) groups excluding carboxylic acids is 2. The minimum absolute atomic E-state index is 0.0182.